The van der Waals surface area contributed by atoms with Crippen molar-refractivity contribution in [2.75, 3.05) is 7.11 Å². The molecule has 0 unspecified atom stereocenters. The smallest absolute Gasteiger partial charge is 0.250 e. The molecule has 1 aromatic carbocycles. The van der Waals surface area contributed by atoms with Crippen LogP contribution in [-0.2, 0) is 6.54 Å². The lowest BCUT2D eigenvalue weighted by Gasteiger charge is -2.12. The molecule has 1 aliphatic rings. The molecule has 1 saturated carbocycles. The molecule has 1 heterocycles. The van der Waals surface area contributed by atoms with Gasteiger partial charge in [-0.15, -0.1) is 0 Å². The third-order valence-corrected chi connectivity index (χ3v) is 4.16. The minimum absolute atomic E-state index is 0.364. The van der Waals surface area contributed by atoms with E-state index in [-0.39, 0.29) is 5.91 Å². The maximum absolute atomic E-state index is 11.6. The number of rotatable bonds is 5. The lowest BCUT2D eigenvalue weighted by molar-refractivity contribution is 0.0999. The van der Waals surface area contributed by atoms with Crippen molar-refractivity contribution in [2.45, 2.75) is 26.3 Å². The maximum atomic E-state index is 11.6. The molecule has 2 N–H and O–H groups in total. The summed E-state index contributed by atoms with van der Waals surface area (Å²) in [4.78, 5) is 11.6. The van der Waals surface area contributed by atoms with Crippen LogP contribution in [0.15, 0.2) is 30.3 Å². The largest absolute Gasteiger partial charge is 0.497 e. The molecule has 0 saturated heterocycles. The van der Waals surface area contributed by atoms with Gasteiger partial charge in [-0.05, 0) is 61.6 Å². The second-order valence-corrected chi connectivity index (χ2v) is 5.68. The molecule has 0 bridgehead atoms. The van der Waals surface area contributed by atoms with Crippen molar-refractivity contribution in [3.8, 4) is 17.0 Å². The average Bonchev–Trinajstić information content (AvgIpc) is 3.24. The zero-order valence-electron chi connectivity index (χ0n) is 12.4. The molecule has 21 heavy (non-hydrogen) atoms. The molecule has 4 heteroatoms. The SMILES string of the molecule is COc1ccc(-c2cc(C(N)=O)c(C)n2CC2CC2)cc1. The number of hydrogen-bond acceptors (Lipinski definition) is 2. The molecule has 4 nitrogen and oxygen atoms in total. The highest BCUT2D eigenvalue weighted by Crippen LogP contribution is 2.35. The Labute approximate surface area is 124 Å². The zero-order chi connectivity index (χ0) is 15.0. The Balaban J connectivity index is 2.05. The Hall–Kier alpha value is -2.23. The van der Waals surface area contributed by atoms with Crippen LogP contribution in [0.1, 0.15) is 28.9 Å². The highest BCUT2D eigenvalue weighted by molar-refractivity contribution is 5.95. The molecule has 1 aliphatic carbocycles. The van der Waals surface area contributed by atoms with Crippen molar-refractivity contribution in [3.63, 3.8) is 0 Å². The van der Waals surface area contributed by atoms with Crippen LogP contribution in [0.4, 0.5) is 0 Å². The first-order valence-electron chi connectivity index (χ1n) is 7.24. The van der Waals surface area contributed by atoms with E-state index in [0.29, 0.717) is 5.56 Å². The van der Waals surface area contributed by atoms with Crippen LogP contribution in [0.5, 0.6) is 5.75 Å². The molecule has 0 aliphatic heterocycles. The van der Waals surface area contributed by atoms with E-state index >= 15 is 0 Å². The number of nitrogens with zero attached hydrogens (tertiary/aromatic N) is 1. The highest BCUT2D eigenvalue weighted by atomic mass is 16.5. The lowest BCUT2D eigenvalue weighted by Crippen LogP contribution is -2.12. The molecular formula is C17H20N2O2. The number of benzene rings is 1. The summed E-state index contributed by atoms with van der Waals surface area (Å²) < 4.78 is 7.42. The van der Waals surface area contributed by atoms with E-state index in [1.807, 2.05) is 37.3 Å². The van der Waals surface area contributed by atoms with E-state index in [0.717, 1.165) is 35.2 Å². The summed E-state index contributed by atoms with van der Waals surface area (Å²) in [5, 5.41) is 0. The van der Waals surface area contributed by atoms with Gasteiger partial charge in [0, 0.05) is 17.9 Å². The minimum Gasteiger partial charge on any atom is -0.497 e. The van der Waals surface area contributed by atoms with Crippen LogP contribution in [0.3, 0.4) is 0 Å². The molecule has 1 amide bonds. The van der Waals surface area contributed by atoms with Gasteiger partial charge in [0.15, 0.2) is 0 Å². The fraction of sp³-hybridized carbons (Fsp3) is 0.353. The van der Waals surface area contributed by atoms with Gasteiger partial charge in [-0.2, -0.15) is 0 Å². The van der Waals surface area contributed by atoms with Gasteiger partial charge in [0.2, 0.25) is 0 Å². The maximum Gasteiger partial charge on any atom is 0.250 e. The van der Waals surface area contributed by atoms with E-state index in [2.05, 4.69) is 4.57 Å². The summed E-state index contributed by atoms with van der Waals surface area (Å²) in [5.41, 5.74) is 9.19. The molecule has 110 valence electrons. The second kappa shape index (κ2) is 5.28. The normalized spacial score (nSPS) is 14.2. The van der Waals surface area contributed by atoms with Crippen molar-refractivity contribution in [3.05, 3.63) is 41.6 Å². The van der Waals surface area contributed by atoms with Crippen molar-refractivity contribution in [2.24, 2.45) is 11.7 Å². The van der Waals surface area contributed by atoms with Gasteiger partial charge in [-0.3, -0.25) is 4.79 Å². The summed E-state index contributed by atoms with van der Waals surface area (Å²) in [6, 6.07) is 9.80. The minimum atomic E-state index is -0.364. The molecule has 0 atom stereocenters. The lowest BCUT2D eigenvalue weighted by atomic mass is 10.1. The van der Waals surface area contributed by atoms with Gasteiger partial charge in [0.05, 0.1) is 12.7 Å². The Bertz CT molecular complexity index is 667. The average molecular weight is 284 g/mol. The molecule has 1 fully saturated rings. The number of hydrogen-bond donors (Lipinski definition) is 1. The van der Waals surface area contributed by atoms with E-state index < -0.39 is 0 Å². The van der Waals surface area contributed by atoms with Gasteiger partial charge in [-0.1, -0.05) is 0 Å². The van der Waals surface area contributed by atoms with Crippen molar-refractivity contribution in [1.82, 2.24) is 4.57 Å². The molecular weight excluding hydrogens is 264 g/mol. The summed E-state index contributed by atoms with van der Waals surface area (Å²) in [7, 11) is 1.65. The summed E-state index contributed by atoms with van der Waals surface area (Å²) in [6.45, 7) is 2.93. The third-order valence-electron chi connectivity index (χ3n) is 4.16. The van der Waals surface area contributed by atoms with Crippen molar-refractivity contribution < 1.29 is 9.53 Å². The van der Waals surface area contributed by atoms with E-state index in [9.17, 15) is 4.79 Å². The first-order chi connectivity index (χ1) is 10.1. The van der Waals surface area contributed by atoms with Crippen LogP contribution in [0.25, 0.3) is 11.3 Å². The molecule has 3 rings (SSSR count). The molecule has 0 spiro atoms. The summed E-state index contributed by atoms with van der Waals surface area (Å²) >= 11 is 0. The molecule has 2 aromatic rings. The number of carbonyl (C=O) groups excluding carboxylic acids is 1. The summed E-state index contributed by atoms with van der Waals surface area (Å²) in [5.74, 6) is 1.19. The Kier molecular flexibility index (Phi) is 3.45. The number of methoxy groups -OCH3 is 1. The number of carbonyl (C=O) groups is 1. The van der Waals surface area contributed by atoms with Gasteiger partial charge < -0.3 is 15.0 Å². The van der Waals surface area contributed by atoms with E-state index in [4.69, 9.17) is 10.5 Å². The van der Waals surface area contributed by atoms with Crippen LogP contribution in [0.2, 0.25) is 0 Å². The third kappa shape index (κ3) is 2.66. The molecule has 1 aromatic heterocycles. The van der Waals surface area contributed by atoms with Crippen LogP contribution in [-0.4, -0.2) is 17.6 Å². The predicted molar refractivity (Wildman–Crippen MR) is 82.4 cm³/mol. The number of ether oxygens (including phenoxy) is 1. The first-order valence-corrected chi connectivity index (χ1v) is 7.24. The van der Waals surface area contributed by atoms with Gasteiger partial charge in [0.25, 0.3) is 5.91 Å². The Morgan fingerprint density at radius 1 is 1.33 bits per heavy atom. The van der Waals surface area contributed by atoms with Crippen molar-refractivity contribution >= 4 is 5.91 Å². The number of nitrogens with two attached hydrogens (primary N) is 1. The van der Waals surface area contributed by atoms with Gasteiger partial charge in [-0.25, -0.2) is 0 Å². The van der Waals surface area contributed by atoms with Crippen LogP contribution in [0, 0.1) is 12.8 Å². The van der Waals surface area contributed by atoms with Gasteiger partial charge >= 0.3 is 0 Å². The van der Waals surface area contributed by atoms with E-state index in [1.54, 1.807) is 7.11 Å². The zero-order valence-corrected chi connectivity index (χ0v) is 12.4. The fourth-order valence-electron chi connectivity index (χ4n) is 2.69. The van der Waals surface area contributed by atoms with Crippen LogP contribution < -0.4 is 10.5 Å². The number of aromatic nitrogens is 1. The predicted octanol–water partition coefficient (Wildman–Crippen LogP) is 2.98. The van der Waals surface area contributed by atoms with Gasteiger partial charge in [0.1, 0.15) is 5.75 Å². The molecule has 0 radical (unpaired) electrons. The standard InChI is InChI=1S/C17H20N2O2/c1-11-15(17(18)20)9-16(19(11)10-12-3-4-12)13-5-7-14(21-2)8-6-13/h5-9,12H,3-4,10H2,1-2H3,(H2,18,20). The van der Waals surface area contributed by atoms with Crippen LogP contribution >= 0.6 is 0 Å². The summed E-state index contributed by atoms with van der Waals surface area (Å²) in [6.07, 6.45) is 2.54. The van der Waals surface area contributed by atoms with E-state index in [1.165, 1.54) is 12.8 Å². The fourth-order valence-corrected chi connectivity index (χ4v) is 2.69. The number of amides is 1. The Morgan fingerprint density at radius 3 is 2.52 bits per heavy atom. The highest BCUT2D eigenvalue weighted by Gasteiger charge is 2.25. The second-order valence-electron chi connectivity index (χ2n) is 5.68. The quantitative estimate of drug-likeness (QED) is 0.917. The Morgan fingerprint density at radius 2 is 2.00 bits per heavy atom. The van der Waals surface area contributed by atoms with Crippen molar-refractivity contribution in [1.29, 1.82) is 0 Å². The topological polar surface area (TPSA) is 57.2 Å². The monoisotopic (exact) mass is 284 g/mol. The first kappa shape index (κ1) is 13.7. The number of primary amides is 1.